The quantitative estimate of drug-likeness (QED) is 0.847. The molecule has 1 aliphatic heterocycles. The molecule has 2 rings (SSSR count). The maximum absolute atomic E-state index is 13.4. The average Bonchev–Trinajstić information content (AvgIpc) is 2.48. The predicted octanol–water partition coefficient (Wildman–Crippen LogP) is 2.82. The highest BCUT2D eigenvalue weighted by Crippen LogP contribution is 2.15. The van der Waals surface area contributed by atoms with Crippen LogP contribution in [-0.4, -0.2) is 37.0 Å². The predicted molar refractivity (Wildman–Crippen MR) is 78.1 cm³/mol. The van der Waals surface area contributed by atoms with Gasteiger partial charge in [-0.1, -0.05) is 13.0 Å². The summed E-state index contributed by atoms with van der Waals surface area (Å²) in [5.41, 5.74) is -0.234. The molecule has 0 spiro atoms. The van der Waals surface area contributed by atoms with Gasteiger partial charge in [0.1, 0.15) is 0 Å². The van der Waals surface area contributed by atoms with Gasteiger partial charge in [0.05, 0.1) is 5.56 Å². The van der Waals surface area contributed by atoms with Crippen molar-refractivity contribution in [3.05, 3.63) is 35.4 Å². The van der Waals surface area contributed by atoms with Crippen LogP contribution in [0.2, 0.25) is 0 Å². The van der Waals surface area contributed by atoms with Crippen LogP contribution in [-0.2, 0) is 0 Å². The van der Waals surface area contributed by atoms with Crippen molar-refractivity contribution >= 4 is 5.91 Å². The first-order valence-electron chi connectivity index (χ1n) is 7.52. The van der Waals surface area contributed by atoms with E-state index in [1.54, 1.807) is 0 Å². The van der Waals surface area contributed by atoms with Gasteiger partial charge in [0, 0.05) is 6.54 Å². The Bertz CT molecular complexity index is 485. The summed E-state index contributed by atoms with van der Waals surface area (Å²) in [6.45, 7) is 5.88. The molecule has 1 amide bonds. The summed E-state index contributed by atoms with van der Waals surface area (Å²) < 4.78 is 26.5. The van der Waals surface area contributed by atoms with Gasteiger partial charge < -0.3 is 10.2 Å². The summed E-state index contributed by atoms with van der Waals surface area (Å²) in [5.74, 6) is -1.83. The number of hydrogen-bond donors (Lipinski definition) is 1. The van der Waals surface area contributed by atoms with E-state index in [1.807, 2.05) is 0 Å². The van der Waals surface area contributed by atoms with Crippen LogP contribution in [0.4, 0.5) is 8.78 Å². The van der Waals surface area contributed by atoms with Gasteiger partial charge in [0.2, 0.25) is 0 Å². The van der Waals surface area contributed by atoms with E-state index in [-0.39, 0.29) is 5.56 Å². The van der Waals surface area contributed by atoms with Crippen LogP contribution >= 0.6 is 0 Å². The molecule has 1 saturated heterocycles. The number of carbonyl (C=O) groups excluding carboxylic acids is 1. The molecule has 1 heterocycles. The Morgan fingerprint density at radius 2 is 2.05 bits per heavy atom. The Labute approximate surface area is 124 Å². The van der Waals surface area contributed by atoms with Crippen LogP contribution in [0.1, 0.15) is 36.5 Å². The SMILES string of the molecule is CC1CCN(CCCNC(=O)c2cccc(F)c2F)CC1. The molecule has 21 heavy (non-hydrogen) atoms. The fraction of sp³-hybridized carbons (Fsp3) is 0.562. The van der Waals surface area contributed by atoms with Gasteiger partial charge in [-0.2, -0.15) is 0 Å². The minimum Gasteiger partial charge on any atom is -0.352 e. The fourth-order valence-corrected chi connectivity index (χ4v) is 2.56. The molecule has 0 unspecified atom stereocenters. The highest BCUT2D eigenvalue weighted by atomic mass is 19.2. The van der Waals surface area contributed by atoms with Crippen LogP contribution in [0, 0.1) is 17.6 Å². The molecule has 1 aliphatic rings. The number of benzene rings is 1. The average molecular weight is 296 g/mol. The van der Waals surface area contributed by atoms with E-state index in [2.05, 4.69) is 17.1 Å². The number of piperidine rings is 1. The second kappa shape index (κ2) is 7.50. The first-order valence-corrected chi connectivity index (χ1v) is 7.52. The van der Waals surface area contributed by atoms with Crippen molar-refractivity contribution in [2.24, 2.45) is 5.92 Å². The fourth-order valence-electron chi connectivity index (χ4n) is 2.56. The van der Waals surface area contributed by atoms with E-state index in [1.165, 1.54) is 25.0 Å². The third kappa shape index (κ3) is 4.49. The summed E-state index contributed by atoms with van der Waals surface area (Å²) in [7, 11) is 0. The van der Waals surface area contributed by atoms with Gasteiger partial charge in [0.25, 0.3) is 5.91 Å². The van der Waals surface area contributed by atoms with E-state index in [9.17, 15) is 13.6 Å². The maximum atomic E-state index is 13.4. The number of rotatable bonds is 5. The number of amides is 1. The zero-order valence-electron chi connectivity index (χ0n) is 12.4. The number of carbonyl (C=O) groups is 1. The minimum absolute atomic E-state index is 0.234. The van der Waals surface area contributed by atoms with E-state index in [0.717, 1.165) is 38.0 Å². The molecule has 0 aliphatic carbocycles. The molecule has 1 fully saturated rings. The second-order valence-corrected chi connectivity index (χ2v) is 5.73. The lowest BCUT2D eigenvalue weighted by molar-refractivity contribution is 0.0945. The summed E-state index contributed by atoms with van der Waals surface area (Å²) in [6, 6.07) is 3.63. The molecule has 1 aromatic carbocycles. The molecule has 116 valence electrons. The van der Waals surface area contributed by atoms with Crippen molar-refractivity contribution in [3.8, 4) is 0 Å². The van der Waals surface area contributed by atoms with E-state index >= 15 is 0 Å². The van der Waals surface area contributed by atoms with Crippen LogP contribution in [0.3, 0.4) is 0 Å². The van der Waals surface area contributed by atoms with Gasteiger partial charge in [-0.25, -0.2) is 8.78 Å². The van der Waals surface area contributed by atoms with E-state index < -0.39 is 17.5 Å². The number of hydrogen-bond acceptors (Lipinski definition) is 2. The molecule has 1 aromatic rings. The third-order valence-corrected chi connectivity index (χ3v) is 4.01. The van der Waals surface area contributed by atoms with Crippen LogP contribution in [0.25, 0.3) is 0 Å². The minimum atomic E-state index is -1.08. The van der Waals surface area contributed by atoms with E-state index in [4.69, 9.17) is 0 Å². The lowest BCUT2D eigenvalue weighted by Crippen LogP contribution is -2.35. The summed E-state index contributed by atoms with van der Waals surface area (Å²) in [6.07, 6.45) is 3.26. The highest BCUT2D eigenvalue weighted by Gasteiger charge is 2.16. The first kappa shape index (κ1) is 15.9. The molecular weight excluding hydrogens is 274 g/mol. The van der Waals surface area contributed by atoms with Gasteiger partial charge in [-0.15, -0.1) is 0 Å². The topological polar surface area (TPSA) is 32.3 Å². The number of nitrogens with one attached hydrogen (secondary N) is 1. The lowest BCUT2D eigenvalue weighted by Gasteiger charge is -2.30. The van der Waals surface area contributed by atoms with Gasteiger partial charge >= 0.3 is 0 Å². The van der Waals surface area contributed by atoms with Crippen molar-refractivity contribution in [3.63, 3.8) is 0 Å². The lowest BCUT2D eigenvalue weighted by atomic mass is 9.99. The van der Waals surface area contributed by atoms with Crippen molar-refractivity contribution < 1.29 is 13.6 Å². The number of nitrogens with zero attached hydrogens (tertiary/aromatic N) is 1. The Morgan fingerprint density at radius 1 is 1.33 bits per heavy atom. The number of likely N-dealkylation sites (tertiary alicyclic amines) is 1. The Morgan fingerprint density at radius 3 is 2.76 bits per heavy atom. The molecule has 3 nitrogen and oxygen atoms in total. The van der Waals surface area contributed by atoms with Gasteiger partial charge in [0.15, 0.2) is 11.6 Å². The van der Waals surface area contributed by atoms with Crippen molar-refractivity contribution in [1.29, 1.82) is 0 Å². The van der Waals surface area contributed by atoms with Crippen molar-refractivity contribution in [2.45, 2.75) is 26.2 Å². The summed E-state index contributed by atoms with van der Waals surface area (Å²) in [5, 5.41) is 2.64. The van der Waals surface area contributed by atoms with Crippen LogP contribution in [0.15, 0.2) is 18.2 Å². The maximum Gasteiger partial charge on any atom is 0.254 e. The molecular formula is C16H22F2N2O. The first-order chi connectivity index (χ1) is 10.1. The van der Waals surface area contributed by atoms with Crippen molar-refractivity contribution in [2.75, 3.05) is 26.2 Å². The molecule has 0 atom stereocenters. The molecule has 0 radical (unpaired) electrons. The molecule has 0 aromatic heterocycles. The second-order valence-electron chi connectivity index (χ2n) is 5.73. The molecule has 5 heteroatoms. The normalized spacial score (nSPS) is 16.9. The number of halogens is 2. The smallest absolute Gasteiger partial charge is 0.254 e. The molecule has 0 bridgehead atoms. The summed E-state index contributed by atoms with van der Waals surface area (Å²) >= 11 is 0. The zero-order chi connectivity index (χ0) is 15.2. The van der Waals surface area contributed by atoms with Crippen molar-refractivity contribution in [1.82, 2.24) is 10.2 Å². The Balaban J connectivity index is 1.71. The molecule has 1 N–H and O–H groups in total. The van der Waals surface area contributed by atoms with Crippen LogP contribution < -0.4 is 5.32 Å². The Hall–Kier alpha value is -1.49. The van der Waals surface area contributed by atoms with Gasteiger partial charge in [-0.05, 0) is 56.9 Å². The third-order valence-electron chi connectivity index (χ3n) is 4.01. The Kier molecular flexibility index (Phi) is 5.67. The standard InChI is InChI=1S/C16H22F2N2O/c1-12-6-10-20(11-7-12)9-3-8-19-16(21)13-4-2-5-14(17)15(13)18/h2,4-5,12H,3,6-11H2,1H3,(H,19,21). The highest BCUT2D eigenvalue weighted by molar-refractivity contribution is 5.94. The van der Waals surface area contributed by atoms with Crippen LogP contribution in [0.5, 0.6) is 0 Å². The van der Waals surface area contributed by atoms with E-state index in [0.29, 0.717) is 6.54 Å². The van der Waals surface area contributed by atoms with Gasteiger partial charge in [-0.3, -0.25) is 4.79 Å². The zero-order valence-corrected chi connectivity index (χ0v) is 12.4. The monoisotopic (exact) mass is 296 g/mol. The summed E-state index contributed by atoms with van der Waals surface area (Å²) in [4.78, 5) is 14.2. The molecule has 0 saturated carbocycles. The largest absolute Gasteiger partial charge is 0.352 e.